The highest BCUT2D eigenvalue weighted by molar-refractivity contribution is 5.83. The Bertz CT molecular complexity index is 649. The van der Waals surface area contributed by atoms with Gasteiger partial charge in [0, 0.05) is 18.9 Å². The number of hydrogen-bond acceptors (Lipinski definition) is 8. The van der Waals surface area contributed by atoms with Crippen molar-refractivity contribution in [3.63, 3.8) is 0 Å². The quantitative estimate of drug-likeness (QED) is 0.292. The Hall–Kier alpha value is -2.56. The summed E-state index contributed by atoms with van der Waals surface area (Å²) in [4.78, 5) is 51.8. The van der Waals surface area contributed by atoms with Crippen LogP contribution in [0.2, 0.25) is 0 Å². The summed E-state index contributed by atoms with van der Waals surface area (Å²) < 4.78 is 10.7. The van der Waals surface area contributed by atoms with E-state index in [0.717, 1.165) is 38.5 Å². The van der Waals surface area contributed by atoms with Crippen LogP contribution in [-0.4, -0.2) is 48.4 Å². The second-order valence-corrected chi connectivity index (χ2v) is 6.86. The molecule has 0 radical (unpaired) electrons. The molecule has 2 aliphatic carbocycles. The molecule has 2 fully saturated rings. The smallest absolute Gasteiger partial charge is 0.330 e. The van der Waals surface area contributed by atoms with E-state index in [9.17, 15) is 19.2 Å². The van der Waals surface area contributed by atoms with Crippen molar-refractivity contribution in [2.75, 3.05) is 0 Å². The van der Waals surface area contributed by atoms with Crippen molar-refractivity contribution in [2.45, 2.75) is 82.1 Å². The molecule has 0 saturated heterocycles. The number of esters is 2. The third-order valence-electron chi connectivity index (χ3n) is 4.79. The molecule has 0 aliphatic heterocycles. The van der Waals surface area contributed by atoms with Crippen LogP contribution in [0.3, 0.4) is 0 Å². The predicted molar refractivity (Wildman–Crippen MR) is 94.3 cm³/mol. The molecule has 0 aromatic rings. The highest BCUT2D eigenvalue weighted by atomic mass is 16.5. The van der Waals surface area contributed by atoms with E-state index < -0.39 is 11.9 Å². The molecule has 0 heterocycles. The van der Waals surface area contributed by atoms with Gasteiger partial charge in [-0.15, -0.1) is 0 Å². The van der Waals surface area contributed by atoms with Gasteiger partial charge in [0.15, 0.2) is 0 Å². The monoisotopic (exact) mass is 376 g/mol. The highest BCUT2D eigenvalue weighted by Gasteiger charge is 2.25. The van der Waals surface area contributed by atoms with Gasteiger partial charge in [-0.3, -0.25) is 4.79 Å². The van der Waals surface area contributed by atoms with Gasteiger partial charge in [-0.05, 0) is 38.5 Å². The SMILES string of the molecule is O=C=NC1CCCC(OC(=O)C=CCC(=O)OC2CCCC(N=C=O)C2)C1. The van der Waals surface area contributed by atoms with Crippen molar-refractivity contribution in [2.24, 2.45) is 9.98 Å². The average Bonchev–Trinajstić information content (AvgIpc) is 2.63. The predicted octanol–water partition coefficient (Wildman–Crippen LogP) is 2.31. The van der Waals surface area contributed by atoms with Crippen LogP contribution < -0.4 is 0 Å². The van der Waals surface area contributed by atoms with Crippen LogP contribution in [0.4, 0.5) is 0 Å². The van der Waals surface area contributed by atoms with Crippen LogP contribution in [0.5, 0.6) is 0 Å². The Morgan fingerprint density at radius 3 is 2.00 bits per heavy atom. The summed E-state index contributed by atoms with van der Waals surface area (Å²) in [5, 5.41) is 0. The minimum absolute atomic E-state index is 0.0318. The minimum Gasteiger partial charge on any atom is -0.462 e. The van der Waals surface area contributed by atoms with Crippen LogP contribution in [0.25, 0.3) is 0 Å². The number of nitrogens with zero attached hydrogens (tertiary/aromatic N) is 2. The topological polar surface area (TPSA) is 111 Å². The fraction of sp³-hybridized carbons (Fsp3) is 0.684. The molecule has 0 amide bonds. The summed E-state index contributed by atoms with van der Waals surface area (Å²) >= 11 is 0. The summed E-state index contributed by atoms with van der Waals surface area (Å²) in [6, 6.07) is -0.279. The van der Waals surface area contributed by atoms with Crippen LogP contribution >= 0.6 is 0 Å². The summed E-state index contributed by atoms with van der Waals surface area (Å²) in [7, 11) is 0. The highest BCUT2D eigenvalue weighted by Crippen LogP contribution is 2.24. The van der Waals surface area contributed by atoms with Crippen LogP contribution in [0, 0.1) is 0 Å². The molecule has 8 heteroatoms. The van der Waals surface area contributed by atoms with E-state index in [1.165, 1.54) is 12.2 Å². The lowest BCUT2D eigenvalue weighted by molar-refractivity contribution is -0.149. The molecule has 0 bridgehead atoms. The van der Waals surface area contributed by atoms with Gasteiger partial charge in [0.2, 0.25) is 12.2 Å². The standard InChI is InChI=1S/C19H24N2O6/c22-12-20-14-4-1-6-16(10-14)26-18(24)8-3-9-19(25)27-17-7-2-5-15(11-17)21-13-23/h3,8,14-17H,1-2,4-7,9-11H2. The first kappa shape index (κ1) is 20.7. The van der Waals surface area contributed by atoms with Gasteiger partial charge < -0.3 is 9.47 Å². The molecule has 27 heavy (non-hydrogen) atoms. The average molecular weight is 376 g/mol. The van der Waals surface area contributed by atoms with Crippen molar-refractivity contribution < 1.29 is 28.7 Å². The maximum atomic E-state index is 11.9. The molecule has 0 N–H and O–H groups in total. The molecule has 2 rings (SSSR count). The minimum atomic E-state index is -0.526. The van der Waals surface area contributed by atoms with Gasteiger partial charge in [0.05, 0.1) is 18.5 Å². The van der Waals surface area contributed by atoms with Gasteiger partial charge in [-0.25, -0.2) is 24.4 Å². The van der Waals surface area contributed by atoms with E-state index >= 15 is 0 Å². The Labute approximate surface area is 157 Å². The van der Waals surface area contributed by atoms with E-state index in [-0.39, 0.29) is 30.7 Å². The van der Waals surface area contributed by atoms with Crippen LogP contribution in [0.15, 0.2) is 22.1 Å². The van der Waals surface area contributed by atoms with E-state index in [1.54, 1.807) is 12.2 Å². The Morgan fingerprint density at radius 2 is 1.44 bits per heavy atom. The summed E-state index contributed by atoms with van der Waals surface area (Å²) in [5.41, 5.74) is 0. The van der Waals surface area contributed by atoms with Gasteiger partial charge in [0.1, 0.15) is 12.2 Å². The lowest BCUT2D eigenvalue weighted by atomic mass is 9.93. The normalized spacial score (nSPS) is 27.9. The lowest BCUT2D eigenvalue weighted by Crippen LogP contribution is -2.27. The first-order chi connectivity index (χ1) is 13.1. The van der Waals surface area contributed by atoms with Gasteiger partial charge >= 0.3 is 11.9 Å². The zero-order chi connectivity index (χ0) is 19.5. The largest absolute Gasteiger partial charge is 0.462 e. The van der Waals surface area contributed by atoms with Gasteiger partial charge in [-0.1, -0.05) is 6.08 Å². The number of carbonyl (C=O) groups is 2. The van der Waals surface area contributed by atoms with E-state index in [4.69, 9.17) is 9.47 Å². The first-order valence-corrected chi connectivity index (χ1v) is 9.31. The fourth-order valence-electron chi connectivity index (χ4n) is 3.53. The van der Waals surface area contributed by atoms with Gasteiger partial charge in [-0.2, -0.15) is 0 Å². The maximum Gasteiger partial charge on any atom is 0.330 e. The third-order valence-corrected chi connectivity index (χ3v) is 4.79. The van der Waals surface area contributed by atoms with Crippen molar-refractivity contribution in [3.8, 4) is 0 Å². The second-order valence-electron chi connectivity index (χ2n) is 6.86. The molecule has 2 aliphatic rings. The molecule has 0 aromatic carbocycles. The zero-order valence-corrected chi connectivity index (χ0v) is 15.2. The molecule has 4 atom stereocenters. The molecule has 4 unspecified atom stereocenters. The second kappa shape index (κ2) is 11.2. The Balaban J connectivity index is 1.69. The number of aliphatic imine (C=N–C) groups is 2. The molecule has 0 aromatic heterocycles. The number of ether oxygens (including phenoxy) is 2. The third kappa shape index (κ3) is 7.69. The molecular formula is C19H24N2O6. The number of rotatable bonds is 7. The first-order valence-electron chi connectivity index (χ1n) is 9.31. The Kier molecular flexibility index (Phi) is 8.62. The van der Waals surface area contributed by atoms with Crippen molar-refractivity contribution in [1.29, 1.82) is 0 Å². The van der Waals surface area contributed by atoms with Gasteiger partial charge in [0.25, 0.3) is 0 Å². The number of isocyanates is 2. The van der Waals surface area contributed by atoms with E-state index in [0.29, 0.717) is 12.8 Å². The summed E-state index contributed by atoms with van der Waals surface area (Å²) in [5.74, 6) is -0.959. The lowest BCUT2D eigenvalue weighted by Gasteiger charge is -2.25. The molecule has 2 saturated carbocycles. The van der Waals surface area contributed by atoms with Crippen LogP contribution in [-0.2, 0) is 28.7 Å². The summed E-state index contributed by atoms with van der Waals surface area (Å²) in [6.45, 7) is 0. The summed E-state index contributed by atoms with van der Waals surface area (Å²) in [6.07, 6.45) is 11.0. The molecule has 8 nitrogen and oxygen atoms in total. The fourth-order valence-corrected chi connectivity index (χ4v) is 3.53. The maximum absolute atomic E-state index is 11.9. The van der Waals surface area contributed by atoms with Crippen LogP contribution in [0.1, 0.15) is 57.8 Å². The Morgan fingerprint density at radius 1 is 0.889 bits per heavy atom. The van der Waals surface area contributed by atoms with Crippen molar-refractivity contribution in [1.82, 2.24) is 0 Å². The zero-order valence-electron chi connectivity index (χ0n) is 15.2. The molecule has 0 spiro atoms. The van der Waals surface area contributed by atoms with E-state index in [1.807, 2.05) is 0 Å². The molecule has 146 valence electrons. The van der Waals surface area contributed by atoms with E-state index in [2.05, 4.69) is 9.98 Å². The number of carbonyl (C=O) groups excluding carboxylic acids is 4. The number of hydrogen-bond donors (Lipinski definition) is 0. The van der Waals surface area contributed by atoms with Crippen molar-refractivity contribution >= 4 is 24.1 Å². The molecular weight excluding hydrogens is 352 g/mol. The van der Waals surface area contributed by atoms with Crippen molar-refractivity contribution in [3.05, 3.63) is 12.2 Å².